The Morgan fingerprint density at radius 3 is 2.47 bits per heavy atom. The summed E-state index contributed by atoms with van der Waals surface area (Å²) in [5.41, 5.74) is 8.48. The van der Waals surface area contributed by atoms with Crippen LogP contribution in [-0.4, -0.2) is 18.0 Å². The maximum Gasteiger partial charge on any atom is 0.326 e. The Kier molecular flexibility index (Phi) is 5.36. The van der Waals surface area contributed by atoms with Gasteiger partial charge in [-0.25, -0.2) is 4.79 Å². The molecule has 0 saturated carbocycles. The average molecular weight is 262 g/mol. The van der Waals surface area contributed by atoms with Crippen LogP contribution in [0.25, 0.3) is 0 Å². The van der Waals surface area contributed by atoms with Gasteiger partial charge in [0.25, 0.3) is 0 Å². The molecule has 4 N–H and O–H groups in total. The highest BCUT2D eigenvalue weighted by Gasteiger charge is 2.08. The molecule has 0 bridgehead atoms. The smallest absolute Gasteiger partial charge is 0.326 e. The lowest BCUT2D eigenvalue weighted by Crippen LogP contribution is -2.40. The Morgan fingerprint density at radius 1 is 1.37 bits per heavy atom. The monoisotopic (exact) mass is 262 g/mol. The second-order valence-electron chi connectivity index (χ2n) is 4.62. The zero-order valence-corrected chi connectivity index (χ0v) is 11.9. The zero-order valence-electron chi connectivity index (χ0n) is 11.9. The lowest BCUT2D eigenvalue weighted by Gasteiger charge is -2.12. The van der Waals surface area contributed by atoms with E-state index in [0.717, 1.165) is 23.2 Å². The summed E-state index contributed by atoms with van der Waals surface area (Å²) in [4.78, 5) is 16.0. The van der Waals surface area contributed by atoms with Crippen LogP contribution in [0.4, 0.5) is 10.5 Å². The van der Waals surface area contributed by atoms with Crippen molar-refractivity contribution in [2.45, 2.75) is 40.2 Å². The third-order valence-electron chi connectivity index (χ3n) is 2.91. The maximum atomic E-state index is 11.8. The number of hydrogen-bond acceptors (Lipinski definition) is 2. The number of urea groups is 1. The number of carbonyl (C=O) groups is 1. The second kappa shape index (κ2) is 6.78. The van der Waals surface area contributed by atoms with E-state index in [1.54, 1.807) is 0 Å². The van der Waals surface area contributed by atoms with E-state index in [9.17, 15) is 4.79 Å². The molecular weight excluding hydrogens is 240 g/mol. The normalized spacial score (nSPS) is 12.9. The molecule has 104 valence electrons. The minimum atomic E-state index is -0.373. The highest BCUT2D eigenvalue weighted by molar-refractivity contribution is 6.02. The minimum Gasteiger partial charge on any atom is -0.370 e. The summed E-state index contributed by atoms with van der Waals surface area (Å²) < 4.78 is 0. The Balaban J connectivity index is 2.68. The molecular formula is C14H22N4O. The number of para-hydroxylation sites is 1. The summed E-state index contributed by atoms with van der Waals surface area (Å²) in [6, 6.07) is 5.56. The molecule has 2 amide bonds. The van der Waals surface area contributed by atoms with Gasteiger partial charge in [0.15, 0.2) is 5.96 Å². The number of nitrogens with zero attached hydrogens (tertiary/aromatic N) is 1. The van der Waals surface area contributed by atoms with Gasteiger partial charge < -0.3 is 11.1 Å². The lowest BCUT2D eigenvalue weighted by atomic mass is 10.1. The Hall–Kier alpha value is -2.04. The van der Waals surface area contributed by atoms with Crippen molar-refractivity contribution in [1.82, 2.24) is 5.32 Å². The molecule has 0 aliphatic carbocycles. The summed E-state index contributed by atoms with van der Waals surface area (Å²) in [5.74, 6) is 0.137. The number of aliphatic imine (C=N–C) groups is 1. The van der Waals surface area contributed by atoms with E-state index in [-0.39, 0.29) is 18.0 Å². The van der Waals surface area contributed by atoms with Crippen molar-refractivity contribution >= 4 is 17.7 Å². The van der Waals surface area contributed by atoms with Gasteiger partial charge in [0, 0.05) is 5.69 Å². The van der Waals surface area contributed by atoms with Gasteiger partial charge >= 0.3 is 6.03 Å². The standard InChI is InChI=1S/C14H22N4O/c1-5-11(4)16-13(15)18-14(19)17-12-9(2)7-6-8-10(12)3/h6-8,11H,5H2,1-4H3,(H4,15,16,17,18,19). The quantitative estimate of drug-likeness (QED) is 0.578. The number of rotatable bonds is 3. The van der Waals surface area contributed by atoms with Crippen molar-refractivity contribution in [2.24, 2.45) is 10.7 Å². The summed E-state index contributed by atoms with van der Waals surface area (Å²) >= 11 is 0. The van der Waals surface area contributed by atoms with E-state index in [2.05, 4.69) is 15.6 Å². The van der Waals surface area contributed by atoms with Crippen LogP contribution < -0.4 is 16.4 Å². The minimum absolute atomic E-state index is 0.0977. The molecule has 0 saturated heterocycles. The van der Waals surface area contributed by atoms with Gasteiger partial charge in [0.2, 0.25) is 0 Å². The topological polar surface area (TPSA) is 79.5 Å². The first-order chi connectivity index (χ1) is 8.93. The first-order valence-electron chi connectivity index (χ1n) is 6.41. The highest BCUT2D eigenvalue weighted by Crippen LogP contribution is 2.18. The summed E-state index contributed by atoms with van der Waals surface area (Å²) in [7, 11) is 0. The SMILES string of the molecule is CCC(C)N=C(N)NC(=O)Nc1c(C)cccc1C. The number of amides is 2. The fourth-order valence-electron chi connectivity index (χ4n) is 1.63. The molecule has 0 fully saturated rings. The summed E-state index contributed by atoms with van der Waals surface area (Å²) in [6.45, 7) is 7.84. The number of benzene rings is 1. The number of anilines is 1. The van der Waals surface area contributed by atoms with Crippen LogP contribution in [0.3, 0.4) is 0 Å². The molecule has 0 spiro atoms. The van der Waals surface area contributed by atoms with Crippen LogP contribution in [0, 0.1) is 13.8 Å². The van der Waals surface area contributed by atoms with Crippen LogP contribution in [0.2, 0.25) is 0 Å². The van der Waals surface area contributed by atoms with Crippen LogP contribution in [0.5, 0.6) is 0 Å². The highest BCUT2D eigenvalue weighted by atomic mass is 16.2. The number of guanidine groups is 1. The van der Waals surface area contributed by atoms with Crippen LogP contribution in [0.1, 0.15) is 31.4 Å². The largest absolute Gasteiger partial charge is 0.370 e. The van der Waals surface area contributed by atoms with E-state index < -0.39 is 0 Å². The number of nitrogens with two attached hydrogens (primary N) is 1. The molecule has 0 radical (unpaired) electrons. The number of nitrogens with one attached hydrogen (secondary N) is 2. The van der Waals surface area contributed by atoms with Gasteiger partial charge in [-0.2, -0.15) is 0 Å². The van der Waals surface area contributed by atoms with E-state index in [1.165, 1.54) is 0 Å². The molecule has 1 aromatic carbocycles. The third kappa shape index (κ3) is 4.62. The second-order valence-corrected chi connectivity index (χ2v) is 4.62. The van der Waals surface area contributed by atoms with Gasteiger partial charge in [0.1, 0.15) is 0 Å². The Bertz CT molecular complexity index is 462. The number of hydrogen-bond donors (Lipinski definition) is 3. The van der Waals surface area contributed by atoms with Crippen molar-refractivity contribution in [1.29, 1.82) is 0 Å². The first kappa shape index (κ1) is 15.0. The first-order valence-corrected chi connectivity index (χ1v) is 6.41. The van der Waals surface area contributed by atoms with Crippen molar-refractivity contribution in [3.8, 4) is 0 Å². The molecule has 0 heterocycles. The molecule has 5 nitrogen and oxygen atoms in total. The summed E-state index contributed by atoms with van der Waals surface area (Å²) in [6.07, 6.45) is 0.876. The molecule has 0 aliphatic rings. The zero-order chi connectivity index (χ0) is 14.4. The molecule has 19 heavy (non-hydrogen) atoms. The molecule has 1 unspecified atom stereocenters. The molecule has 1 atom stereocenters. The van der Waals surface area contributed by atoms with Gasteiger partial charge in [-0.15, -0.1) is 0 Å². The van der Waals surface area contributed by atoms with E-state index >= 15 is 0 Å². The van der Waals surface area contributed by atoms with Crippen LogP contribution in [-0.2, 0) is 0 Å². The van der Waals surface area contributed by atoms with Gasteiger partial charge in [0.05, 0.1) is 6.04 Å². The average Bonchev–Trinajstić information content (AvgIpc) is 2.33. The van der Waals surface area contributed by atoms with E-state index in [0.29, 0.717) is 0 Å². The fraction of sp³-hybridized carbons (Fsp3) is 0.429. The molecule has 0 aromatic heterocycles. The predicted octanol–water partition coefficient (Wildman–Crippen LogP) is 2.54. The number of aryl methyl sites for hydroxylation is 2. The van der Waals surface area contributed by atoms with Crippen molar-refractivity contribution in [3.63, 3.8) is 0 Å². The fourth-order valence-corrected chi connectivity index (χ4v) is 1.63. The van der Waals surface area contributed by atoms with E-state index in [1.807, 2.05) is 45.9 Å². The molecule has 1 aromatic rings. The Labute approximate surface area is 114 Å². The predicted molar refractivity (Wildman–Crippen MR) is 79.4 cm³/mol. The number of carbonyl (C=O) groups excluding carboxylic acids is 1. The van der Waals surface area contributed by atoms with Gasteiger partial charge in [-0.1, -0.05) is 25.1 Å². The molecule has 5 heteroatoms. The van der Waals surface area contributed by atoms with Crippen LogP contribution >= 0.6 is 0 Å². The Morgan fingerprint density at radius 2 is 1.95 bits per heavy atom. The van der Waals surface area contributed by atoms with Crippen molar-refractivity contribution in [3.05, 3.63) is 29.3 Å². The lowest BCUT2D eigenvalue weighted by molar-refractivity contribution is 0.256. The van der Waals surface area contributed by atoms with Gasteiger partial charge in [-0.3, -0.25) is 10.3 Å². The van der Waals surface area contributed by atoms with Gasteiger partial charge in [-0.05, 0) is 38.3 Å². The maximum absolute atomic E-state index is 11.8. The van der Waals surface area contributed by atoms with E-state index in [4.69, 9.17) is 5.73 Å². The third-order valence-corrected chi connectivity index (χ3v) is 2.91. The van der Waals surface area contributed by atoms with Crippen molar-refractivity contribution in [2.75, 3.05) is 5.32 Å². The van der Waals surface area contributed by atoms with Crippen molar-refractivity contribution < 1.29 is 4.79 Å². The summed E-state index contributed by atoms with van der Waals surface area (Å²) in [5, 5.41) is 5.32. The molecule has 0 aliphatic heterocycles. The molecule has 1 rings (SSSR count). The van der Waals surface area contributed by atoms with Crippen LogP contribution in [0.15, 0.2) is 23.2 Å².